The Morgan fingerprint density at radius 1 is 1.10 bits per heavy atom. The molecule has 0 fully saturated rings. The minimum absolute atomic E-state index is 0.00618. The normalized spacial score (nSPS) is 15.2. The van der Waals surface area contributed by atoms with Crippen molar-refractivity contribution in [2.75, 3.05) is 20.3 Å². The van der Waals surface area contributed by atoms with Crippen molar-refractivity contribution in [3.63, 3.8) is 0 Å². The molecule has 0 aliphatic carbocycles. The maximum absolute atomic E-state index is 5.65. The fourth-order valence-electron chi connectivity index (χ4n) is 2.29. The Kier molecular flexibility index (Phi) is 4.05. The van der Waals surface area contributed by atoms with E-state index in [9.17, 15) is 0 Å². The van der Waals surface area contributed by atoms with E-state index in [2.05, 4.69) is 37.2 Å². The third-order valence-corrected chi connectivity index (χ3v) is 4.55. The number of hydrogen-bond donors (Lipinski definition) is 1. The van der Waals surface area contributed by atoms with Crippen molar-refractivity contribution < 1.29 is 13.9 Å². The third kappa shape index (κ3) is 2.47. The number of rotatable bonds is 3. The van der Waals surface area contributed by atoms with Crippen LogP contribution in [0.25, 0.3) is 0 Å². The van der Waals surface area contributed by atoms with Crippen LogP contribution >= 0.6 is 31.9 Å². The second kappa shape index (κ2) is 5.79. The lowest BCUT2D eigenvalue weighted by molar-refractivity contribution is 0.171. The Morgan fingerprint density at radius 3 is 2.40 bits per heavy atom. The predicted molar refractivity (Wildman–Crippen MR) is 82.4 cm³/mol. The van der Waals surface area contributed by atoms with Gasteiger partial charge in [-0.15, -0.1) is 0 Å². The van der Waals surface area contributed by atoms with Crippen LogP contribution in [0.1, 0.15) is 17.2 Å². The van der Waals surface area contributed by atoms with Crippen LogP contribution in [-0.2, 0) is 0 Å². The van der Waals surface area contributed by atoms with Crippen LogP contribution in [0.2, 0.25) is 0 Å². The monoisotopic (exact) mass is 401 g/mol. The van der Waals surface area contributed by atoms with Gasteiger partial charge in [0, 0.05) is 10.0 Å². The molecule has 1 aliphatic heterocycles. The summed E-state index contributed by atoms with van der Waals surface area (Å²) in [4.78, 5) is 0. The summed E-state index contributed by atoms with van der Waals surface area (Å²) in [6, 6.07) is 5.88. The van der Waals surface area contributed by atoms with Crippen LogP contribution in [0, 0.1) is 0 Å². The van der Waals surface area contributed by atoms with Gasteiger partial charge in [0.05, 0.1) is 12.3 Å². The summed E-state index contributed by atoms with van der Waals surface area (Å²) in [5.41, 5.74) is 2.10. The van der Waals surface area contributed by atoms with Gasteiger partial charge in [-0.2, -0.15) is 0 Å². The first kappa shape index (κ1) is 14.0. The van der Waals surface area contributed by atoms with Crippen LogP contribution in [0.15, 0.2) is 38.0 Å². The van der Waals surface area contributed by atoms with E-state index in [1.165, 1.54) is 0 Å². The minimum Gasteiger partial charge on any atom is -0.486 e. The first-order valence-corrected chi connectivity index (χ1v) is 7.78. The first-order chi connectivity index (χ1) is 9.70. The third-order valence-electron chi connectivity index (χ3n) is 3.22. The van der Waals surface area contributed by atoms with Gasteiger partial charge < -0.3 is 19.2 Å². The molecule has 1 aromatic heterocycles. The van der Waals surface area contributed by atoms with Crippen LogP contribution in [0.4, 0.5) is 0 Å². The molecule has 3 rings (SSSR count). The Hall–Kier alpha value is -0.980. The maximum atomic E-state index is 5.65. The van der Waals surface area contributed by atoms with Gasteiger partial charge in [-0.25, -0.2) is 0 Å². The van der Waals surface area contributed by atoms with E-state index in [0.29, 0.717) is 13.2 Å². The number of ether oxygens (including phenoxy) is 2. The summed E-state index contributed by atoms with van der Waals surface area (Å²) >= 11 is 7.03. The lowest BCUT2D eigenvalue weighted by atomic mass is 10.0. The van der Waals surface area contributed by atoms with Gasteiger partial charge in [-0.05, 0) is 46.7 Å². The van der Waals surface area contributed by atoms with Crippen LogP contribution in [0.3, 0.4) is 0 Å². The van der Waals surface area contributed by atoms with E-state index in [1.54, 1.807) is 6.26 Å². The Morgan fingerprint density at radius 2 is 1.80 bits per heavy atom. The summed E-state index contributed by atoms with van der Waals surface area (Å²) in [6.07, 6.45) is 1.66. The topological polar surface area (TPSA) is 43.6 Å². The zero-order chi connectivity index (χ0) is 14.1. The number of benzene rings is 1. The highest BCUT2D eigenvalue weighted by Gasteiger charge is 2.23. The van der Waals surface area contributed by atoms with Gasteiger partial charge in [-0.3, -0.25) is 0 Å². The quantitative estimate of drug-likeness (QED) is 0.845. The smallest absolute Gasteiger partial charge is 0.174 e. The maximum Gasteiger partial charge on any atom is 0.174 e. The Labute approximate surface area is 133 Å². The molecule has 1 atom stereocenters. The first-order valence-electron chi connectivity index (χ1n) is 6.20. The molecule has 20 heavy (non-hydrogen) atoms. The second-order valence-electron chi connectivity index (χ2n) is 4.39. The van der Waals surface area contributed by atoms with Gasteiger partial charge in [0.2, 0.25) is 0 Å². The Balaban J connectivity index is 2.06. The minimum atomic E-state index is -0.00618. The second-order valence-corrected chi connectivity index (χ2v) is 5.96. The van der Waals surface area contributed by atoms with Gasteiger partial charge in [0.15, 0.2) is 16.2 Å². The zero-order valence-electron chi connectivity index (χ0n) is 10.8. The molecule has 2 aromatic rings. The van der Waals surface area contributed by atoms with Gasteiger partial charge in [-0.1, -0.05) is 15.9 Å². The molecule has 4 nitrogen and oxygen atoms in total. The number of halogens is 2. The van der Waals surface area contributed by atoms with E-state index in [0.717, 1.165) is 31.8 Å². The molecular weight excluding hydrogens is 390 g/mol. The van der Waals surface area contributed by atoms with Crippen LogP contribution < -0.4 is 14.8 Å². The molecule has 0 spiro atoms. The molecule has 106 valence electrons. The standard InChI is InChI=1S/C14H13Br2NO3/c1-17-13(8-2-3-20-14(8)16)9-6-11-12(7-10(9)15)19-5-4-18-11/h2-3,6-7,13,17H,4-5H2,1H3. The molecule has 0 amide bonds. The van der Waals surface area contributed by atoms with Crippen molar-refractivity contribution in [2.24, 2.45) is 0 Å². The molecule has 1 aliphatic rings. The highest BCUT2D eigenvalue weighted by atomic mass is 79.9. The van der Waals surface area contributed by atoms with Crippen molar-refractivity contribution in [3.05, 3.63) is 44.7 Å². The highest BCUT2D eigenvalue weighted by molar-refractivity contribution is 9.10. The average Bonchev–Trinajstić information content (AvgIpc) is 2.87. The summed E-state index contributed by atoms with van der Waals surface area (Å²) < 4.78 is 18.3. The zero-order valence-corrected chi connectivity index (χ0v) is 14.0. The summed E-state index contributed by atoms with van der Waals surface area (Å²) in [5, 5.41) is 3.29. The molecule has 1 aromatic carbocycles. The molecule has 0 saturated heterocycles. The molecule has 0 bridgehead atoms. The Bertz CT molecular complexity index is 627. The molecule has 6 heteroatoms. The number of furan rings is 1. The van der Waals surface area contributed by atoms with Gasteiger partial charge >= 0.3 is 0 Å². The number of hydrogen-bond acceptors (Lipinski definition) is 4. The van der Waals surface area contributed by atoms with Crippen molar-refractivity contribution in [1.29, 1.82) is 0 Å². The fourth-order valence-corrected chi connectivity index (χ4v) is 3.31. The SMILES string of the molecule is CNC(c1cc2c(cc1Br)OCCO2)c1ccoc1Br. The van der Waals surface area contributed by atoms with Crippen LogP contribution in [-0.4, -0.2) is 20.3 Å². The molecule has 0 saturated carbocycles. The predicted octanol–water partition coefficient (Wildman–Crippen LogP) is 3.88. The molecule has 1 N–H and O–H groups in total. The van der Waals surface area contributed by atoms with Crippen molar-refractivity contribution in [3.8, 4) is 11.5 Å². The number of nitrogens with one attached hydrogen (secondary N) is 1. The largest absolute Gasteiger partial charge is 0.486 e. The molecule has 1 unspecified atom stereocenters. The summed E-state index contributed by atoms with van der Waals surface area (Å²) in [6.45, 7) is 1.16. The average molecular weight is 403 g/mol. The van der Waals surface area contributed by atoms with E-state index in [-0.39, 0.29) is 6.04 Å². The van der Waals surface area contributed by atoms with Gasteiger partial charge in [0.25, 0.3) is 0 Å². The molecular formula is C14H13Br2NO3. The van der Waals surface area contributed by atoms with Crippen molar-refractivity contribution >= 4 is 31.9 Å². The number of fused-ring (bicyclic) bond motifs is 1. The van der Waals surface area contributed by atoms with E-state index >= 15 is 0 Å². The van der Waals surface area contributed by atoms with Gasteiger partial charge in [0.1, 0.15) is 13.2 Å². The molecule has 0 radical (unpaired) electrons. The van der Waals surface area contributed by atoms with Crippen molar-refractivity contribution in [1.82, 2.24) is 5.32 Å². The summed E-state index contributed by atoms with van der Waals surface area (Å²) in [7, 11) is 1.91. The van der Waals surface area contributed by atoms with E-state index in [4.69, 9.17) is 13.9 Å². The summed E-state index contributed by atoms with van der Waals surface area (Å²) in [5.74, 6) is 1.54. The lowest BCUT2D eigenvalue weighted by Gasteiger charge is -2.23. The van der Waals surface area contributed by atoms with Crippen LogP contribution in [0.5, 0.6) is 11.5 Å². The fraction of sp³-hybridized carbons (Fsp3) is 0.286. The highest BCUT2D eigenvalue weighted by Crippen LogP contribution is 2.40. The lowest BCUT2D eigenvalue weighted by Crippen LogP contribution is -2.20. The van der Waals surface area contributed by atoms with E-state index < -0.39 is 0 Å². The molecule has 2 heterocycles. The van der Waals surface area contributed by atoms with E-state index in [1.807, 2.05) is 25.2 Å². The van der Waals surface area contributed by atoms with Crippen molar-refractivity contribution in [2.45, 2.75) is 6.04 Å².